The molecule has 29 heavy (non-hydrogen) atoms. The number of benzene rings is 3. The number of methoxy groups -OCH3 is 1. The van der Waals surface area contributed by atoms with Gasteiger partial charge in [-0.1, -0.05) is 44.2 Å². The summed E-state index contributed by atoms with van der Waals surface area (Å²) in [7, 11) is -2.02. The molecular formula is C22H24N2O4S. The Morgan fingerprint density at radius 3 is 2.31 bits per heavy atom. The highest BCUT2D eigenvalue weighted by Gasteiger charge is 2.22. The van der Waals surface area contributed by atoms with Crippen molar-refractivity contribution in [3.63, 3.8) is 0 Å². The van der Waals surface area contributed by atoms with E-state index < -0.39 is 10.0 Å². The lowest BCUT2D eigenvalue weighted by atomic mass is 10.0. The van der Waals surface area contributed by atoms with Crippen molar-refractivity contribution in [3.05, 3.63) is 66.2 Å². The van der Waals surface area contributed by atoms with Gasteiger partial charge in [0, 0.05) is 29.7 Å². The number of nitrogens with one attached hydrogen (secondary N) is 1. The summed E-state index contributed by atoms with van der Waals surface area (Å²) in [6.07, 6.45) is 0. The second kappa shape index (κ2) is 8.63. The smallest absolute Gasteiger partial charge is 0.256 e. The van der Waals surface area contributed by atoms with Gasteiger partial charge in [0.05, 0.1) is 12.0 Å². The van der Waals surface area contributed by atoms with E-state index in [1.54, 1.807) is 45.2 Å². The summed E-state index contributed by atoms with van der Waals surface area (Å²) in [6.45, 7) is 4.35. The van der Waals surface area contributed by atoms with Crippen LogP contribution >= 0.6 is 0 Å². The quantitative estimate of drug-likeness (QED) is 0.633. The number of carbonyl (C=O) groups is 1. The molecule has 3 rings (SSSR count). The first-order chi connectivity index (χ1) is 13.9. The van der Waals surface area contributed by atoms with Crippen molar-refractivity contribution in [2.45, 2.75) is 18.7 Å². The molecule has 0 aromatic heterocycles. The van der Waals surface area contributed by atoms with E-state index in [2.05, 4.69) is 5.32 Å². The maximum atomic E-state index is 12.9. The summed E-state index contributed by atoms with van der Waals surface area (Å²) in [5, 5.41) is 4.41. The minimum Gasteiger partial charge on any atom is -0.496 e. The number of fused-ring (bicyclic) bond motifs is 1. The Hall–Kier alpha value is -2.90. The largest absolute Gasteiger partial charge is 0.496 e. The number of carbonyl (C=O) groups excluding carboxylic acids is 1. The molecule has 1 N–H and O–H groups in total. The number of anilines is 1. The first-order valence-corrected chi connectivity index (χ1v) is 10.8. The van der Waals surface area contributed by atoms with Gasteiger partial charge in [-0.3, -0.25) is 4.79 Å². The third-order valence-corrected chi connectivity index (χ3v) is 6.83. The molecule has 0 aliphatic heterocycles. The van der Waals surface area contributed by atoms with Gasteiger partial charge >= 0.3 is 0 Å². The monoisotopic (exact) mass is 412 g/mol. The number of ether oxygens (including phenoxy) is 1. The van der Waals surface area contributed by atoms with Gasteiger partial charge in [0.25, 0.3) is 5.91 Å². The van der Waals surface area contributed by atoms with E-state index in [9.17, 15) is 13.2 Å². The number of amides is 1. The van der Waals surface area contributed by atoms with E-state index in [4.69, 9.17) is 4.74 Å². The molecule has 0 bridgehead atoms. The lowest BCUT2D eigenvalue weighted by molar-refractivity contribution is 0.102. The van der Waals surface area contributed by atoms with E-state index in [0.717, 1.165) is 10.8 Å². The lowest BCUT2D eigenvalue weighted by Gasteiger charge is -2.19. The van der Waals surface area contributed by atoms with Crippen molar-refractivity contribution >= 4 is 32.4 Å². The molecule has 6 nitrogen and oxygen atoms in total. The Kier molecular flexibility index (Phi) is 6.20. The van der Waals surface area contributed by atoms with Crippen LogP contribution in [0.15, 0.2) is 65.6 Å². The van der Waals surface area contributed by atoms with Crippen LogP contribution in [0.25, 0.3) is 10.8 Å². The minimum atomic E-state index is -3.60. The Morgan fingerprint density at radius 2 is 1.66 bits per heavy atom. The summed E-state index contributed by atoms with van der Waals surface area (Å²) in [4.78, 5) is 13.1. The molecule has 0 radical (unpaired) electrons. The number of sulfonamides is 1. The molecule has 0 spiro atoms. The Balaban J connectivity index is 1.94. The van der Waals surface area contributed by atoms with Gasteiger partial charge in [0.15, 0.2) is 0 Å². The van der Waals surface area contributed by atoms with E-state index in [0.29, 0.717) is 30.1 Å². The molecule has 1 amide bonds. The zero-order valence-corrected chi connectivity index (χ0v) is 17.5. The normalized spacial score (nSPS) is 11.6. The van der Waals surface area contributed by atoms with Crippen LogP contribution in [0.1, 0.15) is 24.2 Å². The topological polar surface area (TPSA) is 75.7 Å². The minimum absolute atomic E-state index is 0.151. The first kappa shape index (κ1) is 20.8. The zero-order chi connectivity index (χ0) is 21.0. The highest BCUT2D eigenvalue weighted by molar-refractivity contribution is 7.89. The van der Waals surface area contributed by atoms with E-state index >= 15 is 0 Å². The van der Waals surface area contributed by atoms with Gasteiger partial charge in [-0.05, 0) is 35.7 Å². The van der Waals surface area contributed by atoms with Gasteiger partial charge in [-0.25, -0.2) is 8.42 Å². The fraction of sp³-hybridized carbons (Fsp3) is 0.227. The highest BCUT2D eigenvalue weighted by Crippen LogP contribution is 2.29. The Bertz CT molecular complexity index is 1140. The number of rotatable bonds is 7. The molecule has 0 aliphatic carbocycles. The average molecular weight is 413 g/mol. The summed E-state index contributed by atoms with van der Waals surface area (Å²) in [5.41, 5.74) is 0.904. The van der Waals surface area contributed by atoms with Gasteiger partial charge in [-0.15, -0.1) is 0 Å². The van der Waals surface area contributed by atoms with Crippen molar-refractivity contribution in [2.24, 2.45) is 0 Å². The highest BCUT2D eigenvalue weighted by atomic mass is 32.2. The molecule has 152 valence electrons. The van der Waals surface area contributed by atoms with Crippen molar-refractivity contribution in [1.29, 1.82) is 0 Å². The van der Waals surface area contributed by atoms with Crippen LogP contribution in [0.5, 0.6) is 5.75 Å². The second-order valence-electron chi connectivity index (χ2n) is 6.43. The van der Waals surface area contributed by atoms with Crippen LogP contribution in [0.3, 0.4) is 0 Å². The molecule has 0 unspecified atom stereocenters. The van der Waals surface area contributed by atoms with Crippen molar-refractivity contribution in [2.75, 3.05) is 25.5 Å². The molecule has 3 aromatic carbocycles. The Labute approximate surface area is 171 Å². The van der Waals surface area contributed by atoms with Gasteiger partial charge in [0.1, 0.15) is 5.75 Å². The molecule has 0 fully saturated rings. The number of hydrogen-bond acceptors (Lipinski definition) is 4. The SMILES string of the molecule is CCN(CC)S(=O)(=O)c1cccc(NC(=O)c2ccc(OC)c3ccccc23)c1. The van der Waals surface area contributed by atoms with Crippen LogP contribution in [-0.4, -0.2) is 38.8 Å². The van der Waals surface area contributed by atoms with Gasteiger partial charge in [0.2, 0.25) is 10.0 Å². The van der Waals surface area contributed by atoms with Crippen molar-refractivity contribution in [1.82, 2.24) is 4.31 Å². The maximum absolute atomic E-state index is 12.9. The molecule has 7 heteroatoms. The summed E-state index contributed by atoms with van der Waals surface area (Å²) < 4.78 is 32.2. The van der Waals surface area contributed by atoms with E-state index in [-0.39, 0.29) is 10.8 Å². The second-order valence-corrected chi connectivity index (χ2v) is 8.37. The number of hydrogen-bond donors (Lipinski definition) is 1. The summed E-state index contributed by atoms with van der Waals surface area (Å²) in [5.74, 6) is 0.366. The predicted molar refractivity (Wildman–Crippen MR) is 115 cm³/mol. The molecule has 0 heterocycles. The van der Waals surface area contributed by atoms with Crippen LogP contribution in [-0.2, 0) is 10.0 Å². The zero-order valence-electron chi connectivity index (χ0n) is 16.7. The average Bonchev–Trinajstić information content (AvgIpc) is 2.73. The lowest BCUT2D eigenvalue weighted by Crippen LogP contribution is -2.30. The van der Waals surface area contributed by atoms with Gasteiger partial charge < -0.3 is 10.1 Å². The third kappa shape index (κ3) is 4.11. The number of nitrogens with zero attached hydrogens (tertiary/aromatic N) is 1. The van der Waals surface area contributed by atoms with Gasteiger partial charge in [-0.2, -0.15) is 4.31 Å². The molecule has 0 aliphatic rings. The standard InChI is InChI=1S/C22H24N2O4S/c1-4-24(5-2)29(26,27)17-10-8-9-16(15-17)23-22(25)20-13-14-21(28-3)19-12-7-6-11-18(19)20/h6-15H,4-5H2,1-3H3,(H,23,25). The van der Waals surface area contributed by atoms with Crippen LogP contribution in [0.4, 0.5) is 5.69 Å². The summed E-state index contributed by atoms with van der Waals surface area (Å²) >= 11 is 0. The first-order valence-electron chi connectivity index (χ1n) is 9.39. The maximum Gasteiger partial charge on any atom is 0.256 e. The van der Waals surface area contributed by atoms with Crippen molar-refractivity contribution in [3.8, 4) is 5.75 Å². The Morgan fingerprint density at radius 1 is 0.966 bits per heavy atom. The molecule has 0 saturated carbocycles. The fourth-order valence-corrected chi connectivity index (χ4v) is 4.80. The molecule has 0 saturated heterocycles. The summed E-state index contributed by atoms with van der Waals surface area (Å²) in [6, 6.07) is 17.2. The van der Waals surface area contributed by atoms with E-state index in [1.807, 2.05) is 24.3 Å². The predicted octanol–water partition coefficient (Wildman–Crippen LogP) is 4.13. The van der Waals surface area contributed by atoms with Crippen LogP contribution in [0, 0.1) is 0 Å². The van der Waals surface area contributed by atoms with E-state index in [1.165, 1.54) is 16.4 Å². The molecule has 0 atom stereocenters. The third-order valence-electron chi connectivity index (χ3n) is 4.78. The fourth-order valence-electron chi connectivity index (χ4n) is 3.29. The van der Waals surface area contributed by atoms with Crippen molar-refractivity contribution < 1.29 is 17.9 Å². The van der Waals surface area contributed by atoms with Crippen LogP contribution in [0.2, 0.25) is 0 Å². The molecular weight excluding hydrogens is 388 g/mol. The van der Waals surface area contributed by atoms with Crippen LogP contribution < -0.4 is 10.1 Å². The molecule has 3 aromatic rings.